The fourth-order valence-electron chi connectivity index (χ4n) is 1.64. The lowest BCUT2D eigenvalue weighted by Crippen LogP contribution is -1.85. The summed E-state index contributed by atoms with van der Waals surface area (Å²) < 4.78 is 0. The standard InChI is InChI=1S/C17H13ClO2/c18-16-7-3-1-5-13(16)9-11-15(19)12-10-14-6-2-4-8-17(14)20/h1-12,20H/b11-9+,12-10+. The molecule has 100 valence electrons. The molecule has 2 nitrogen and oxygen atoms in total. The number of phenols is 1. The molecule has 0 bridgehead atoms. The van der Waals surface area contributed by atoms with E-state index in [1.807, 2.05) is 18.2 Å². The molecule has 0 aliphatic heterocycles. The number of allylic oxidation sites excluding steroid dienone is 2. The lowest BCUT2D eigenvalue weighted by atomic mass is 10.1. The van der Waals surface area contributed by atoms with Crippen LogP contribution in [0.4, 0.5) is 0 Å². The third-order valence-corrected chi connectivity index (χ3v) is 3.04. The van der Waals surface area contributed by atoms with Gasteiger partial charge in [-0.3, -0.25) is 4.79 Å². The summed E-state index contributed by atoms with van der Waals surface area (Å²) in [6.45, 7) is 0. The third kappa shape index (κ3) is 3.84. The molecule has 0 aliphatic carbocycles. The minimum Gasteiger partial charge on any atom is -0.507 e. The monoisotopic (exact) mass is 284 g/mol. The van der Waals surface area contributed by atoms with E-state index in [0.717, 1.165) is 5.56 Å². The molecule has 0 heterocycles. The molecule has 0 saturated heterocycles. The van der Waals surface area contributed by atoms with Crippen LogP contribution in [-0.2, 0) is 4.79 Å². The Balaban J connectivity index is 2.07. The van der Waals surface area contributed by atoms with E-state index in [1.54, 1.807) is 42.5 Å². The summed E-state index contributed by atoms with van der Waals surface area (Å²) in [5.74, 6) is -0.0280. The molecular formula is C17H13ClO2. The molecule has 0 radical (unpaired) electrons. The number of aromatic hydroxyl groups is 1. The number of para-hydroxylation sites is 1. The van der Waals surface area contributed by atoms with Gasteiger partial charge in [0, 0.05) is 10.6 Å². The molecular weight excluding hydrogens is 272 g/mol. The first-order valence-electron chi connectivity index (χ1n) is 6.09. The second-order valence-corrected chi connectivity index (χ2v) is 4.56. The highest BCUT2D eigenvalue weighted by molar-refractivity contribution is 6.32. The minimum absolute atomic E-state index is 0.145. The van der Waals surface area contributed by atoms with Crippen molar-refractivity contribution in [3.63, 3.8) is 0 Å². The smallest absolute Gasteiger partial charge is 0.178 e. The maximum atomic E-state index is 11.7. The van der Waals surface area contributed by atoms with Crippen molar-refractivity contribution in [3.8, 4) is 5.75 Å². The van der Waals surface area contributed by atoms with Crippen molar-refractivity contribution in [2.24, 2.45) is 0 Å². The van der Waals surface area contributed by atoms with Gasteiger partial charge in [-0.2, -0.15) is 0 Å². The van der Waals surface area contributed by atoms with E-state index in [0.29, 0.717) is 10.6 Å². The Bertz CT molecular complexity index is 615. The van der Waals surface area contributed by atoms with Gasteiger partial charge < -0.3 is 5.11 Å². The van der Waals surface area contributed by atoms with Crippen molar-refractivity contribution >= 4 is 29.5 Å². The van der Waals surface area contributed by atoms with Crippen LogP contribution in [0, 0.1) is 0 Å². The topological polar surface area (TPSA) is 37.3 Å². The van der Waals surface area contributed by atoms with Crippen LogP contribution >= 0.6 is 11.6 Å². The van der Waals surface area contributed by atoms with Crippen LogP contribution in [0.25, 0.3) is 12.2 Å². The lowest BCUT2D eigenvalue weighted by molar-refractivity contribution is -0.110. The Morgan fingerprint density at radius 2 is 1.45 bits per heavy atom. The molecule has 2 aromatic carbocycles. The Hall–Kier alpha value is -2.32. The predicted octanol–water partition coefficient (Wildman–Crippen LogP) is 4.34. The fraction of sp³-hybridized carbons (Fsp3) is 0. The quantitative estimate of drug-likeness (QED) is 0.848. The van der Waals surface area contributed by atoms with E-state index in [9.17, 15) is 9.90 Å². The highest BCUT2D eigenvalue weighted by Gasteiger charge is 1.97. The molecule has 0 saturated carbocycles. The number of hydrogen-bond acceptors (Lipinski definition) is 2. The fourth-order valence-corrected chi connectivity index (χ4v) is 1.84. The van der Waals surface area contributed by atoms with Gasteiger partial charge in [-0.25, -0.2) is 0 Å². The number of phenolic OH excluding ortho intramolecular Hbond substituents is 1. The lowest BCUT2D eigenvalue weighted by Gasteiger charge is -1.96. The van der Waals surface area contributed by atoms with Gasteiger partial charge in [-0.15, -0.1) is 0 Å². The summed E-state index contributed by atoms with van der Waals surface area (Å²) in [7, 11) is 0. The molecule has 0 atom stereocenters. The summed E-state index contributed by atoms with van der Waals surface area (Å²) in [6, 6.07) is 14.1. The van der Waals surface area contributed by atoms with Crippen molar-refractivity contribution < 1.29 is 9.90 Å². The second kappa shape index (κ2) is 6.73. The Morgan fingerprint density at radius 1 is 0.900 bits per heavy atom. The molecule has 0 aliphatic rings. The molecule has 20 heavy (non-hydrogen) atoms. The maximum absolute atomic E-state index is 11.7. The van der Waals surface area contributed by atoms with Gasteiger partial charge in [0.25, 0.3) is 0 Å². The average Bonchev–Trinajstić information content (AvgIpc) is 2.45. The molecule has 2 aromatic rings. The molecule has 2 rings (SSSR count). The zero-order chi connectivity index (χ0) is 14.4. The Labute approximate surface area is 122 Å². The Morgan fingerprint density at radius 3 is 2.10 bits per heavy atom. The van der Waals surface area contributed by atoms with Crippen LogP contribution in [0.2, 0.25) is 5.02 Å². The van der Waals surface area contributed by atoms with Crippen LogP contribution in [0.1, 0.15) is 11.1 Å². The van der Waals surface area contributed by atoms with Crippen LogP contribution in [-0.4, -0.2) is 10.9 Å². The van der Waals surface area contributed by atoms with Gasteiger partial charge in [0.05, 0.1) is 0 Å². The molecule has 0 aromatic heterocycles. The van der Waals surface area contributed by atoms with E-state index in [1.165, 1.54) is 12.2 Å². The Kier molecular flexibility index (Phi) is 4.75. The normalized spacial score (nSPS) is 11.2. The second-order valence-electron chi connectivity index (χ2n) is 4.15. The molecule has 0 fully saturated rings. The van der Waals surface area contributed by atoms with E-state index in [4.69, 9.17) is 11.6 Å². The first-order chi connectivity index (χ1) is 9.66. The SMILES string of the molecule is O=C(/C=C/c1ccccc1O)/C=C/c1ccccc1Cl. The molecule has 3 heteroatoms. The van der Waals surface area contributed by atoms with Gasteiger partial charge in [0.1, 0.15) is 5.75 Å². The number of hydrogen-bond donors (Lipinski definition) is 1. The number of carbonyl (C=O) groups is 1. The maximum Gasteiger partial charge on any atom is 0.178 e. The van der Waals surface area contributed by atoms with Gasteiger partial charge in [-0.1, -0.05) is 48.0 Å². The van der Waals surface area contributed by atoms with Crippen LogP contribution < -0.4 is 0 Å². The van der Waals surface area contributed by atoms with Crippen molar-refractivity contribution in [1.29, 1.82) is 0 Å². The van der Waals surface area contributed by atoms with Crippen LogP contribution in [0.15, 0.2) is 60.7 Å². The number of carbonyl (C=O) groups excluding carboxylic acids is 1. The largest absolute Gasteiger partial charge is 0.507 e. The summed E-state index contributed by atoms with van der Waals surface area (Å²) in [5.41, 5.74) is 1.39. The zero-order valence-corrected chi connectivity index (χ0v) is 11.4. The van der Waals surface area contributed by atoms with Crippen molar-refractivity contribution in [2.45, 2.75) is 0 Å². The molecule has 0 unspecified atom stereocenters. The van der Waals surface area contributed by atoms with Gasteiger partial charge in [0.2, 0.25) is 0 Å². The van der Waals surface area contributed by atoms with Crippen LogP contribution in [0.3, 0.4) is 0 Å². The molecule has 1 N–H and O–H groups in total. The van der Waals surface area contributed by atoms with E-state index >= 15 is 0 Å². The third-order valence-electron chi connectivity index (χ3n) is 2.70. The highest BCUT2D eigenvalue weighted by Crippen LogP contribution is 2.18. The molecule has 0 amide bonds. The summed E-state index contributed by atoms with van der Waals surface area (Å²) >= 11 is 5.99. The van der Waals surface area contributed by atoms with E-state index < -0.39 is 0 Å². The van der Waals surface area contributed by atoms with Crippen molar-refractivity contribution in [3.05, 3.63) is 76.8 Å². The minimum atomic E-state index is -0.173. The zero-order valence-electron chi connectivity index (χ0n) is 10.7. The summed E-state index contributed by atoms with van der Waals surface area (Å²) in [5, 5.41) is 10.2. The first kappa shape index (κ1) is 14.1. The van der Waals surface area contributed by atoms with Crippen molar-refractivity contribution in [2.75, 3.05) is 0 Å². The average molecular weight is 285 g/mol. The number of rotatable bonds is 4. The number of ketones is 1. The summed E-state index contributed by atoms with van der Waals surface area (Å²) in [4.78, 5) is 11.7. The van der Waals surface area contributed by atoms with Crippen molar-refractivity contribution in [1.82, 2.24) is 0 Å². The highest BCUT2D eigenvalue weighted by atomic mass is 35.5. The van der Waals surface area contributed by atoms with E-state index in [2.05, 4.69) is 0 Å². The van der Waals surface area contributed by atoms with Gasteiger partial charge in [-0.05, 0) is 42.0 Å². The number of halogens is 1. The van der Waals surface area contributed by atoms with E-state index in [-0.39, 0.29) is 11.5 Å². The predicted molar refractivity (Wildman–Crippen MR) is 82.6 cm³/mol. The van der Waals surface area contributed by atoms with Crippen LogP contribution in [0.5, 0.6) is 5.75 Å². The van der Waals surface area contributed by atoms with Gasteiger partial charge >= 0.3 is 0 Å². The first-order valence-corrected chi connectivity index (χ1v) is 6.47. The molecule has 0 spiro atoms. The van der Waals surface area contributed by atoms with Gasteiger partial charge in [0.15, 0.2) is 5.78 Å². The number of benzene rings is 2. The summed E-state index contributed by atoms with van der Waals surface area (Å²) in [6.07, 6.45) is 6.09.